The Morgan fingerprint density at radius 1 is 1.10 bits per heavy atom. The van der Waals surface area contributed by atoms with Crippen molar-refractivity contribution in [2.75, 3.05) is 0 Å². The van der Waals surface area contributed by atoms with E-state index in [-0.39, 0.29) is 19.5 Å². The van der Waals surface area contributed by atoms with Gasteiger partial charge in [0.15, 0.2) is 11.6 Å². The summed E-state index contributed by atoms with van der Waals surface area (Å²) in [7, 11) is 0. The van der Waals surface area contributed by atoms with Crippen LogP contribution in [-0.4, -0.2) is 17.5 Å². The molecule has 0 N–H and O–H groups in total. The number of allylic oxidation sites excluding steroid dienone is 1. The standard InChI is InChI=1S/C6H6O3.Rh/c1-4(8)6(3-7)5(2)9;/h1-2H3;. The van der Waals surface area contributed by atoms with E-state index in [1.54, 1.807) is 0 Å². The van der Waals surface area contributed by atoms with E-state index in [9.17, 15) is 14.4 Å². The maximum Gasteiger partial charge on any atom is 0.174 e. The van der Waals surface area contributed by atoms with E-state index in [2.05, 4.69) is 0 Å². The van der Waals surface area contributed by atoms with Gasteiger partial charge in [-0.25, -0.2) is 4.79 Å². The van der Waals surface area contributed by atoms with Crippen molar-refractivity contribution in [1.82, 2.24) is 0 Å². The molecule has 0 aromatic carbocycles. The van der Waals surface area contributed by atoms with Gasteiger partial charge in [-0.15, -0.1) is 0 Å². The minimum atomic E-state index is -0.530. The molecule has 0 spiro atoms. The first-order valence-electron chi connectivity index (χ1n) is 2.36. The van der Waals surface area contributed by atoms with Gasteiger partial charge in [-0.3, -0.25) is 9.59 Å². The van der Waals surface area contributed by atoms with Gasteiger partial charge in [0.1, 0.15) is 11.5 Å². The van der Waals surface area contributed by atoms with Crippen molar-refractivity contribution in [2.45, 2.75) is 13.8 Å². The number of rotatable bonds is 2. The van der Waals surface area contributed by atoms with Gasteiger partial charge in [-0.1, -0.05) is 0 Å². The van der Waals surface area contributed by atoms with Gasteiger partial charge >= 0.3 is 0 Å². The smallest absolute Gasteiger partial charge is 0.174 e. The van der Waals surface area contributed by atoms with Gasteiger partial charge in [-0.05, 0) is 0 Å². The first kappa shape index (κ1) is 12.1. The predicted octanol–water partition coefficient (Wildman–Crippen LogP) is -0.0801. The molecule has 1 radical (unpaired) electrons. The fourth-order valence-electron chi connectivity index (χ4n) is 0.392. The Morgan fingerprint density at radius 3 is 1.40 bits per heavy atom. The zero-order chi connectivity index (χ0) is 7.44. The van der Waals surface area contributed by atoms with E-state index < -0.39 is 17.1 Å². The number of carbonyl (C=O) groups excluding carboxylic acids is 3. The van der Waals surface area contributed by atoms with Crippen LogP contribution in [0.1, 0.15) is 13.8 Å². The third kappa shape index (κ3) is 3.44. The minimum Gasteiger partial charge on any atom is -0.294 e. The summed E-state index contributed by atoms with van der Waals surface area (Å²) < 4.78 is 0. The van der Waals surface area contributed by atoms with Gasteiger partial charge in [-0.2, -0.15) is 0 Å². The maximum absolute atomic E-state index is 10.3. The molecule has 0 saturated carbocycles. The number of hydrogen-bond donors (Lipinski definition) is 0. The van der Waals surface area contributed by atoms with Gasteiger partial charge in [0.2, 0.25) is 0 Å². The SMILES string of the molecule is CC(=O)C(=C=O)C(C)=O.[Rh]. The second-order valence-corrected chi connectivity index (χ2v) is 1.59. The minimum absolute atomic E-state index is 0. The third-order valence-electron chi connectivity index (χ3n) is 0.806. The monoisotopic (exact) mass is 229 g/mol. The van der Waals surface area contributed by atoms with Crippen molar-refractivity contribution in [2.24, 2.45) is 0 Å². The van der Waals surface area contributed by atoms with Crippen LogP contribution in [0, 0.1) is 0 Å². The van der Waals surface area contributed by atoms with Crippen LogP contribution in [-0.2, 0) is 33.9 Å². The van der Waals surface area contributed by atoms with Crippen molar-refractivity contribution >= 4 is 17.5 Å². The van der Waals surface area contributed by atoms with Crippen LogP contribution in [0.2, 0.25) is 0 Å². The molecule has 0 aliphatic heterocycles. The fourth-order valence-corrected chi connectivity index (χ4v) is 0.392. The van der Waals surface area contributed by atoms with E-state index in [4.69, 9.17) is 0 Å². The Labute approximate surface area is 71.2 Å². The van der Waals surface area contributed by atoms with Crippen LogP contribution >= 0.6 is 0 Å². The van der Waals surface area contributed by atoms with Gasteiger partial charge < -0.3 is 0 Å². The summed E-state index contributed by atoms with van der Waals surface area (Å²) in [5.74, 6) is 0.208. The summed E-state index contributed by atoms with van der Waals surface area (Å²) in [5.41, 5.74) is -0.394. The molecule has 0 aliphatic rings. The van der Waals surface area contributed by atoms with Crippen molar-refractivity contribution < 1.29 is 33.9 Å². The molecule has 10 heavy (non-hydrogen) atoms. The zero-order valence-electron chi connectivity index (χ0n) is 5.56. The van der Waals surface area contributed by atoms with Gasteiger partial charge in [0, 0.05) is 33.3 Å². The molecule has 0 bridgehead atoms. The van der Waals surface area contributed by atoms with E-state index >= 15 is 0 Å². The van der Waals surface area contributed by atoms with E-state index in [1.807, 2.05) is 0 Å². The summed E-state index contributed by atoms with van der Waals surface area (Å²) in [6.45, 7) is 2.31. The fraction of sp³-hybridized carbons (Fsp3) is 0.333. The van der Waals surface area contributed by atoms with E-state index in [0.29, 0.717) is 0 Å². The molecule has 0 aromatic rings. The number of ketones is 2. The largest absolute Gasteiger partial charge is 0.294 e. The van der Waals surface area contributed by atoms with Crippen molar-refractivity contribution in [3.63, 3.8) is 0 Å². The Bertz CT molecular complexity index is 185. The van der Waals surface area contributed by atoms with Gasteiger partial charge in [0.25, 0.3) is 0 Å². The number of Topliss-reactive ketones (excluding diaryl/α,β-unsaturated/α-hetero) is 2. The molecule has 0 atom stereocenters. The van der Waals surface area contributed by atoms with Crippen LogP contribution < -0.4 is 0 Å². The Hall–Kier alpha value is -0.587. The van der Waals surface area contributed by atoms with Crippen molar-refractivity contribution in [3.05, 3.63) is 5.57 Å². The summed E-state index contributed by atoms with van der Waals surface area (Å²) in [4.78, 5) is 30.4. The quantitative estimate of drug-likeness (QED) is 0.219. The predicted molar refractivity (Wildman–Crippen MR) is 30.6 cm³/mol. The maximum atomic E-state index is 10.3. The van der Waals surface area contributed by atoms with E-state index in [0.717, 1.165) is 13.8 Å². The van der Waals surface area contributed by atoms with Crippen molar-refractivity contribution in [1.29, 1.82) is 0 Å². The molecule has 0 rings (SSSR count). The first-order valence-corrected chi connectivity index (χ1v) is 2.36. The molecule has 0 saturated heterocycles. The summed E-state index contributed by atoms with van der Waals surface area (Å²) in [5, 5.41) is 0. The second kappa shape index (κ2) is 5.22. The van der Waals surface area contributed by atoms with Crippen LogP contribution in [0.5, 0.6) is 0 Å². The Balaban J connectivity index is 0. The van der Waals surface area contributed by atoms with Gasteiger partial charge in [0.05, 0.1) is 0 Å². The first-order chi connectivity index (χ1) is 4.09. The molecular formula is C6H6O3Rh. The topological polar surface area (TPSA) is 51.2 Å². The van der Waals surface area contributed by atoms with Crippen LogP contribution in [0.15, 0.2) is 5.57 Å². The van der Waals surface area contributed by atoms with Crippen molar-refractivity contribution in [3.8, 4) is 0 Å². The average Bonchev–Trinajstić information content (AvgIpc) is 1.64. The molecule has 4 heteroatoms. The molecule has 0 aromatic heterocycles. The summed E-state index contributed by atoms with van der Waals surface area (Å²) >= 11 is 0. The molecule has 0 heterocycles. The third-order valence-corrected chi connectivity index (χ3v) is 0.806. The van der Waals surface area contributed by atoms with E-state index in [1.165, 1.54) is 5.94 Å². The Morgan fingerprint density at radius 2 is 1.40 bits per heavy atom. The normalized spacial score (nSPS) is 7.00. The Kier molecular flexibility index (Phi) is 6.33. The summed E-state index contributed by atoms with van der Waals surface area (Å²) in [6, 6.07) is 0. The molecule has 0 aliphatic carbocycles. The molecule has 57 valence electrons. The average molecular weight is 229 g/mol. The van der Waals surface area contributed by atoms with Crippen LogP contribution in [0.3, 0.4) is 0 Å². The molecule has 0 fully saturated rings. The summed E-state index contributed by atoms with van der Waals surface area (Å²) in [6.07, 6.45) is 0. The molecule has 0 amide bonds. The second-order valence-electron chi connectivity index (χ2n) is 1.59. The zero-order valence-corrected chi connectivity index (χ0v) is 7.20. The molecule has 0 unspecified atom stereocenters. The molecule has 3 nitrogen and oxygen atoms in total. The number of carbonyl (C=O) groups is 2. The van der Waals surface area contributed by atoms with Crippen LogP contribution in [0.4, 0.5) is 0 Å². The molecular weight excluding hydrogens is 223 g/mol. The number of hydrogen-bond acceptors (Lipinski definition) is 3. The van der Waals surface area contributed by atoms with Crippen LogP contribution in [0.25, 0.3) is 0 Å².